The fourth-order valence-corrected chi connectivity index (χ4v) is 2.81. The summed E-state index contributed by atoms with van der Waals surface area (Å²) in [6, 6.07) is 5.07. The zero-order valence-corrected chi connectivity index (χ0v) is 11.1. The molecule has 0 saturated carbocycles. The molecule has 0 spiro atoms. The van der Waals surface area contributed by atoms with Gasteiger partial charge in [-0.05, 0) is 30.4 Å². The highest BCUT2D eigenvalue weighted by Crippen LogP contribution is 2.21. The first kappa shape index (κ1) is 12.6. The summed E-state index contributed by atoms with van der Waals surface area (Å²) in [7, 11) is 0. The maximum atomic E-state index is 12.2. The van der Waals surface area contributed by atoms with Crippen LogP contribution < -0.4 is 5.73 Å². The average Bonchev–Trinajstić information content (AvgIpc) is 2.60. The molecule has 0 unspecified atom stereocenters. The molecule has 1 aliphatic rings. The van der Waals surface area contributed by atoms with Crippen molar-refractivity contribution >= 4 is 35.0 Å². The summed E-state index contributed by atoms with van der Waals surface area (Å²) in [6.45, 7) is 1.64. The predicted molar refractivity (Wildman–Crippen MR) is 73.7 cm³/mol. The molecule has 0 atom stereocenters. The number of amides is 1. The SMILES string of the molecule is Nc1cc(C(=O)N2CCCSCC2)ccc1Cl. The van der Waals surface area contributed by atoms with Crippen LogP contribution in [0.3, 0.4) is 0 Å². The zero-order valence-electron chi connectivity index (χ0n) is 9.49. The van der Waals surface area contributed by atoms with Gasteiger partial charge < -0.3 is 10.6 Å². The van der Waals surface area contributed by atoms with E-state index in [1.165, 1.54) is 0 Å². The van der Waals surface area contributed by atoms with Crippen molar-refractivity contribution in [3.05, 3.63) is 28.8 Å². The molecule has 2 N–H and O–H groups in total. The molecule has 0 aromatic heterocycles. The number of anilines is 1. The first-order chi connectivity index (χ1) is 8.18. The lowest BCUT2D eigenvalue weighted by Gasteiger charge is -2.20. The van der Waals surface area contributed by atoms with Gasteiger partial charge in [0, 0.05) is 24.4 Å². The van der Waals surface area contributed by atoms with E-state index >= 15 is 0 Å². The molecular weight excluding hydrogens is 256 g/mol. The number of halogens is 1. The van der Waals surface area contributed by atoms with Gasteiger partial charge in [-0.15, -0.1) is 0 Å². The van der Waals surface area contributed by atoms with Crippen molar-refractivity contribution in [2.75, 3.05) is 30.3 Å². The summed E-state index contributed by atoms with van der Waals surface area (Å²) >= 11 is 7.74. The highest BCUT2D eigenvalue weighted by atomic mass is 35.5. The van der Waals surface area contributed by atoms with Crippen molar-refractivity contribution in [2.45, 2.75) is 6.42 Å². The minimum Gasteiger partial charge on any atom is -0.398 e. The largest absolute Gasteiger partial charge is 0.398 e. The van der Waals surface area contributed by atoms with E-state index < -0.39 is 0 Å². The molecule has 2 rings (SSSR count). The second-order valence-electron chi connectivity index (χ2n) is 3.99. The van der Waals surface area contributed by atoms with Crippen LogP contribution >= 0.6 is 23.4 Å². The second-order valence-corrected chi connectivity index (χ2v) is 5.63. The number of benzene rings is 1. The molecule has 0 aliphatic carbocycles. The second kappa shape index (κ2) is 5.65. The molecule has 1 amide bonds. The van der Waals surface area contributed by atoms with Crippen molar-refractivity contribution in [1.29, 1.82) is 0 Å². The Morgan fingerprint density at radius 3 is 2.94 bits per heavy atom. The minimum absolute atomic E-state index is 0.0517. The minimum atomic E-state index is 0.0517. The maximum absolute atomic E-state index is 12.2. The summed E-state index contributed by atoms with van der Waals surface area (Å²) in [6.07, 6.45) is 1.06. The van der Waals surface area contributed by atoms with E-state index in [-0.39, 0.29) is 5.91 Å². The third-order valence-corrected chi connectivity index (χ3v) is 4.15. The highest BCUT2D eigenvalue weighted by Gasteiger charge is 2.17. The van der Waals surface area contributed by atoms with Gasteiger partial charge in [0.2, 0.25) is 0 Å². The van der Waals surface area contributed by atoms with Crippen molar-refractivity contribution in [3.8, 4) is 0 Å². The van der Waals surface area contributed by atoms with Crippen LogP contribution in [0.2, 0.25) is 5.02 Å². The van der Waals surface area contributed by atoms with Crippen LogP contribution in [-0.2, 0) is 0 Å². The smallest absolute Gasteiger partial charge is 0.253 e. The fraction of sp³-hybridized carbons (Fsp3) is 0.417. The summed E-state index contributed by atoms with van der Waals surface area (Å²) in [5, 5.41) is 0.493. The van der Waals surface area contributed by atoms with Crippen LogP contribution in [0.1, 0.15) is 16.8 Å². The van der Waals surface area contributed by atoms with Gasteiger partial charge in [0.15, 0.2) is 0 Å². The summed E-state index contributed by atoms with van der Waals surface area (Å²) in [5.41, 5.74) is 6.80. The quantitative estimate of drug-likeness (QED) is 0.798. The van der Waals surface area contributed by atoms with Gasteiger partial charge in [-0.25, -0.2) is 0 Å². The van der Waals surface area contributed by atoms with E-state index in [4.69, 9.17) is 17.3 Å². The molecule has 5 heteroatoms. The zero-order chi connectivity index (χ0) is 12.3. The van der Waals surface area contributed by atoms with Crippen LogP contribution in [0.5, 0.6) is 0 Å². The Bertz CT molecular complexity index is 417. The number of carbonyl (C=O) groups is 1. The topological polar surface area (TPSA) is 46.3 Å². The number of hydrogen-bond donors (Lipinski definition) is 1. The lowest BCUT2D eigenvalue weighted by molar-refractivity contribution is 0.0768. The molecule has 1 aromatic carbocycles. The number of nitrogen functional groups attached to an aromatic ring is 1. The molecule has 0 bridgehead atoms. The number of rotatable bonds is 1. The molecule has 92 valence electrons. The first-order valence-corrected chi connectivity index (χ1v) is 7.14. The highest BCUT2D eigenvalue weighted by molar-refractivity contribution is 7.99. The summed E-state index contributed by atoms with van der Waals surface area (Å²) < 4.78 is 0. The Morgan fingerprint density at radius 1 is 1.35 bits per heavy atom. The molecule has 1 fully saturated rings. The number of nitrogens with two attached hydrogens (primary N) is 1. The van der Waals surface area contributed by atoms with Gasteiger partial charge >= 0.3 is 0 Å². The lowest BCUT2D eigenvalue weighted by Crippen LogP contribution is -2.32. The van der Waals surface area contributed by atoms with Crippen LogP contribution in [0.15, 0.2) is 18.2 Å². The van der Waals surface area contributed by atoms with E-state index in [2.05, 4.69) is 0 Å². The van der Waals surface area contributed by atoms with E-state index in [0.29, 0.717) is 16.3 Å². The molecule has 1 heterocycles. The van der Waals surface area contributed by atoms with Crippen molar-refractivity contribution in [3.63, 3.8) is 0 Å². The van der Waals surface area contributed by atoms with Gasteiger partial charge in [-0.1, -0.05) is 11.6 Å². The fourth-order valence-electron chi connectivity index (χ4n) is 1.81. The number of hydrogen-bond acceptors (Lipinski definition) is 3. The Hall–Kier alpha value is -0.870. The number of carbonyl (C=O) groups excluding carboxylic acids is 1. The Balaban J connectivity index is 2.14. The average molecular weight is 271 g/mol. The maximum Gasteiger partial charge on any atom is 0.253 e. The molecular formula is C12H15ClN2OS. The molecule has 1 saturated heterocycles. The van der Waals surface area contributed by atoms with Crippen molar-refractivity contribution in [2.24, 2.45) is 0 Å². The van der Waals surface area contributed by atoms with Crippen LogP contribution in [-0.4, -0.2) is 35.4 Å². The van der Waals surface area contributed by atoms with Crippen LogP contribution in [0.25, 0.3) is 0 Å². The standard InChI is InChI=1S/C12H15ClN2OS/c13-10-3-2-9(8-11(10)14)12(16)15-4-1-6-17-7-5-15/h2-3,8H,1,4-7,14H2. The molecule has 3 nitrogen and oxygen atoms in total. The first-order valence-electron chi connectivity index (χ1n) is 5.60. The van der Waals surface area contributed by atoms with Crippen molar-refractivity contribution < 1.29 is 4.79 Å². The van der Waals surface area contributed by atoms with Gasteiger partial charge in [0.1, 0.15) is 0 Å². The number of thioether (sulfide) groups is 1. The summed E-state index contributed by atoms with van der Waals surface area (Å²) in [4.78, 5) is 14.1. The van der Waals surface area contributed by atoms with Crippen molar-refractivity contribution in [1.82, 2.24) is 4.90 Å². The Labute approximate surface area is 110 Å². The lowest BCUT2D eigenvalue weighted by atomic mass is 10.1. The third-order valence-electron chi connectivity index (χ3n) is 2.75. The Kier molecular flexibility index (Phi) is 4.18. The molecule has 0 radical (unpaired) electrons. The van der Waals surface area contributed by atoms with Crippen LogP contribution in [0.4, 0.5) is 5.69 Å². The normalized spacial score (nSPS) is 16.6. The van der Waals surface area contributed by atoms with Gasteiger partial charge in [0.25, 0.3) is 5.91 Å². The number of nitrogens with zero attached hydrogens (tertiary/aromatic N) is 1. The van der Waals surface area contributed by atoms with E-state index in [1.807, 2.05) is 16.7 Å². The monoisotopic (exact) mass is 270 g/mol. The van der Waals surface area contributed by atoms with E-state index in [0.717, 1.165) is 31.0 Å². The molecule has 1 aromatic rings. The predicted octanol–water partition coefficient (Wildman–Crippen LogP) is 2.50. The third kappa shape index (κ3) is 3.07. The van der Waals surface area contributed by atoms with Gasteiger partial charge in [-0.2, -0.15) is 11.8 Å². The molecule has 1 aliphatic heterocycles. The van der Waals surface area contributed by atoms with Crippen LogP contribution in [0, 0.1) is 0 Å². The summed E-state index contributed by atoms with van der Waals surface area (Å²) in [5.74, 6) is 2.19. The van der Waals surface area contributed by atoms with Gasteiger partial charge in [-0.3, -0.25) is 4.79 Å². The Morgan fingerprint density at radius 2 is 2.18 bits per heavy atom. The molecule has 17 heavy (non-hydrogen) atoms. The van der Waals surface area contributed by atoms with E-state index in [9.17, 15) is 4.79 Å². The van der Waals surface area contributed by atoms with E-state index in [1.54, 1.807) is 18.2 Å². The van der Waals surface area contributed by atoms with Gasteiger partial charge in [0.05, 0.1) is 10.7 Å².